The highest BCUT2D eigenvalue weighted by molar-refractivity contribution is 7.71. The normalized spacial score (nSPS) is 17.3. The van der Waals surface area contributed by atoms with Gasteiger partial charge in [-0.3, -0.25) is 14.3 Å². The summed E-state index contributed by atoms with van der Waals surface area (Å²) in [6.07, 6.45) is 0.875. The Morgan fingerprint density at radius 2 is 2.09 bits per heavy atom. The summed E-state index contributed by atoms with van der Waals surface area (Å²) < 4.78 is 1.61. The summed E-state index contributed by atoms with van der Waals surface area (Å²) in [7, 11) is 1.63. The second-order valence-electron chi connectivity index (χ2n) is 5.76. The number of para-hydroxylation sites is 1. The first-order valence-electron chi connectivity index (χ1n) is 7.43. The van der Waals surface area contributed by atoms with E-state index in [1.807, 2.05) is 18.2 Å². The fraction of sp³-hybridized carbons (Fsp3) is 0.250. The molecule has 0 spiro atoms. The molecule has 1 atom stereocenters. The number of rotatable bonds is 1. The fourth-order valence-electron chi connectivity index (χ4n) is 3.31. The molecule has 4 N–H and O–H groups in total. The van der Waals surface area contributed by atoms with Crippen LogP contribution < -0.4 is 10.9 Å². The lowest BCUT2D eigenvalue weighted by molar-refractivity contribution is 0.401. The third kappa shape index (κ3) is 2.04. The topological polar surface area (TPSA) is 85.8 Å². The minimum atomic E-state index is -0.392. The number of aromatic nitrogens is 3. The molecule has 118 valence electrons. The van der Waals surface area contributed by atoms with E-state index < -0.39 is 6.04 Å². The van der Waals surface area contributed by atoms with E-state index in [0.29, 0.717) is 0 Å². The zero-order valence-corrected chi connectivity index (χ0v) is 13.3. The van der Waals surface area contributed by atoms with Crippen molar-refractivity contribution in [3.8, 4) is 5.88 Å². The van der Waals surface area contributed by atoms with Gasteiger partial charge in [-0.2, -0.15) is 0 Å². The summed E-state index contributed by atoms with van der Waals surface area (Å²) in [4.78, 5) is 18.4. The highest BCUT2D eigenvalue weighted by Gasteiger charge is 2.30. The van der Waals surface area contributed by atoms with E-state index in [2.05, 4.69) is 21.4 Å². The van der Waals surface area contributed by atoms with Crippen molar-refractivity contribution >= 4 is 23.1 Å². The summed E-state index contributed by atoms with van der Waals surface area (Å²) in [6.45, 7) is 0.734. The smallest absolute Gasteiger partial charge is 0.260 e. The molecule has 2 aromatic heterocycles. The van der Waals surface area contributed by atoms with Gasteiger partial charge in [-0.25, -0.2) is 0 Å². The highest BCUT2D eigenvalue weighted by atomic mass is 32.1. The number of hydrogen-bond acceptors (Lipinski definition) is 4. The summed E-state index contributed by atoms with van der Waals surface area (Å²) >= 11 is 5.04. The largest absolute Gasteiger partial charge is 0.494 e. The lowest BCUT2D eigenvalue weighted by Gasteiger charge is -2.25. The van der Waals surface area contributed by atoms with Gasteiger partial charge in [0.25, 0.3) is 5.56 Å². The molecule has 6 nitrogen and oxygen atoms in total. The molecule has 23 heavy (non-hydrogen) atoms. The second kappa shape index (κ2) is 5.07. The van der Waals surface area contributed by atoms with Gasteiger partial charge < -0.3 is 15.4 Å². The number of aromatic hydroxyl groups is 1. The number of aromatic amines is 2. The maximum Gasteiger partial charge on any atom is 0.260 e. The molecule has 0 amide bonds. The average molecular weight is 328 g/mol. The molecule has 1 aromatic carbocycles. The van der Waals surface area contributed by atoms with Gasteiger partial charge in [0, 0.05) is 30.2 Å². The Kier molecular flexibility index (Phi) is 3.14. The van der Waals surface area contributed by atoms with Crippen molar-refractivity contribution in [2.24, 2.45) is 7.05 Å². The standard InChI is InChI=1S/C16H16N4O2S/c1-20-15(22)11(14(21)19-16(20)23)13-12-9(6-7-17-13)8-4-2-3-5-10(8)18-12/h2-5,13,17-18,22H,6-7H2,1H3,(H,19,21,23). The molecule has 7 heteroatoms. The van der Waals surface area contributed by atoms with Crippen molar-refractivity contribution in [3.05, 3.63) is 56.2 Å². The Morgan fingerprint density at radius 1 is 1.30 bits per heavy atom. The molecule has 1 unspecified atom stereocenters. The van der Waals surface area contributed by atoms with Gasteiger partial charge in [-0.1, -0.05) is 18.2 Å². The van der Waals surface area contributed by atoms with Crippen molar-refractivity contribution in [1.29, 1.82) is 0 Å². The third-order valence-electron chi connectivity index (χ3n) is 4.48. The van der Waals surface area contributed by atoms with Crippen LogP contribution in [0.1, 0.15) is 22.9 Å². The zero-order chi connectivity index (χ0) is 16.1. The summed E-state index contributed by atoms with van der Waals surface area (Å²) in [5.41, 5.74) is 3.07. The molecular weight excluding hydrogens is 312 g/mol. The summed E-state index contributed by atoms with van der Waals surface area (Å²) in [6, 6.07) is 7.67. The Hall–Kier alpha value is -2.38. The molecular formula is C16H16N4O2S. The van der Waals surface area contributed by atoms with Crippen LogP contribution in [0.2, 0.25) is 0 Å². The lowest BCUT2D eigenvalue weighted by atomic mass is 9.95. The number of fused-ring (bicyclic) bond motifs is 3. The zero-order valence-electron chi connectivity index (χ0n) is 12.5. The predicted molar refractivity (Wildman–Crippen MR) is 90.4 cm³/mol. The molecule has 0 aliphatic carbocycles. The van der Waals surface area contributed by atoms with Gasteiger partial charge in [-0.05, 0) is 30.3 Å². The van der Waals surface area contributed by atoms with Gasteiger partial charge in [0.05, 0.1) is 6.04 Å². The molecule has 4 rings (SSSR count). The molecule has 3 heterocycles. The van der Waals surface area contributed by atoms with Crippen molar-refractivity contribution < 1.29 is 5.11 Å². The number of nitrogens with zero attached hydrogens (tertiary/aromatic N) is 1. The minimum absolute atomic E-state index is 0.109. The van der Waals surface area contributed by atoms with E-state index in [-0.39, 0.29) is 21.8 Å². The maximum absolute atomic E-state index is 12.4. The first-order valence-corrected chi connectivity index (χ1v) is 7.84. The van der Waals surface area contributed by atoms with Gasteiger partial charge in [0.2, 0.25) is 5.88 Å². The summed E-state index contributed by atoms with van der Waals surface area (Å²) in [5, 5.41) is 14.9. The average Bonchev–Trinajstić information content (AvgIpc) is 2.92. The number of benzene rings is 1. The maximum atomic E-state index is 12.4. The monoisotopic (exact) mass is 328 g/mol. The van der Waals surface area contributed by atoms with E-state index >= 15 is 0 Å². The van der Waals surface area contributed by atoms with Crippen molar-refractivity contribution in [2.45, 2.75) is 12.5 Å². The van der Waals surface area contributed by atoms with Crippen LogP contribution in [0.5, 0.6) is 5.88 Å². The predicted octanol–water partition coefficient (Wildman–Crippen LogP) is 1.86. The summed E-state index contributed by atoms with van der Waals surface area (Å²) in [5.74, 6) is -0.109. The van der Waals surface area contributed by atoms with Crippen molar-refractivity contribution in [1.82, 2.24) is 19.9 Å². The molecule has 3 aromatic rings. The molecule has 0 radical (unpaired) electrons. The minimum Gasteiger partial charge on any atom is -0.494 e. The van der Waals surface area contributed by atoms with E-state index in [0.717, 1.165) is 29.6 Å². The van der Waals surface area contributed by atoms with Crippen molar-refractivity contribution in [2.75, 3.05) is 6.54 Å². The number of H-pyrrole nitrogens is 2. The fourth-order valence-corrected chi connectivity index (χ4v) is 3.49. The highest BCUT2D eigenvalue weighted by Crippen LogP contribution is 2.34. The number of hydrogen-bond donors (Lipinski definition) is 4. The molecule has 1 aliphatic rings. The van der Waals surface area contributed by atoms with Gasteiger partial charge in [0.15, 0.2) is 4.77 Å². The van der Waals surface area contributed by atoms with Gasteiger partial charge >= 0.3 is 0 Å². The lowest BCUT2D eigenvalue weighted by Crippen LogP contribution is -2.35. The van der Waals surface area contributed by atoms with E-state index in [4.69, 9.17) is 12.2 Å². The van der Waals surface area contributed by atoms with Crippen LogP contribution in [-0.4, -0.2) is 26.2 Å². The van der Waals surface area contributed by atoms with Crippen LogP contribution in [0.4, 0.5) is 0 Å². The van der Waals surface area contributed by atoms with Crippen LogP contribution in [0.15, 0.2) is 29.1 Å². The Balaban J connectivity index is 1.99. The van der Waals surface area contributed by atoms with Crippen LogP contribution in [-0.2, 0) is 13.5 Å². The van der Waals surface area contributed by atoms with Gasteiger partial charge in [-0.15, -0.1) is 0 Å². The third-order valence-corrected chi connectivity index (χ3v) is 4.85. The van der Waals surface area contributed by atoms with E-state index in [1.165, 1.54) is 10.1 Å². The second-order valence-corrected chi connectivity index (χ2v) is 6.14. The molecule has 0 saturated carbocycles. The van der Waals surface area contributed by atoms with Crippen LogP contribution in [0, 0.1) is 4.77 Å². The van der Waals surface area contributed by atoms with Crippen molar-refractivity contribution in [3.63, 3.8) is 0 Å². The number of nitrogens with one attached hydrogen (secondary N) is 3. The first-order chi connectivity index (χ1) is 11.1. The first kappa shape index (κ1) is 14.2. The SMILES string of the molecule is Cn1c(O)c(C2NCCc3c2[nH]c2ccccc32)c(=O)[nH]c1=S. The molecule has 1 aliphatic heterocycles. The Labute approximate surface area is 136 Å². The Morgan fingerprint density at radius 3 is 2.91 bits per heavy atom. The van der Waals surface area contributed by atoms with Crippen LogP contribution in [0.25, 0.3) is 10.9 Å². The van der Waals surface area contributed by atoms with Crippen LogP contribution >= 0.6 is 12.2 Å². The Bertz CT molecular complexity index is 1030. The van der Waals surface area contributed by atoms with Gasteiger partial charge in [0.1, 0.15) is 5.56 Å². The molecule has 0 bridgehead atoms. The molecule has 0 saturated heterocycles. The quantitative estimate of drug-likeness (QED) is 0.514. The van der Waals surface area contributed by atoms with Crippen LogP contribution in [0.3, 0.4) is 0 Å². The van der Waals surface area contributed by atoms with E-state index in [9.17, 15) is 9.90 Å². The molecule has 0 fully saturated rings. The van der Waals surface area contributed by atoms with E-state index in [1.54, 1.807) is 7.05 Å².